The van der Waals surface area contributed by atoms with Crippen LogP contribution in [0.3, 0.4) is 0 Å². The number of rotatable bonds is 9. The van der Waals surface area contributed by atoms with Gasteiger partial charge in [0.1, 0.15) is 27.8 Å². The number of aromatic hydroxyl groups is 2. The predicted octanol–water partition coefficient (Wildman–Crippen LogP) is 4.78. The highest BCUT2D eigenvalue weighted by Gasteiger charge is 2.26. The molecule has 6 N–H and O–H groups in total. The second-order valence-electron chi connectivity index (χ2n) is 9.17. The monoisotopic (exact) mass is 724 g/mol. The summed E-state index contributed by atoms with van der Waals surface area (Å²) in [6.45, 7) is 0. The van der Waals surface area contributed by atoms with Gasteiger partial charge in [-0.2, -0.15) is 40.2 Å². The quantitative estimate of drug-likeness (QED) is 0.0880. The number of fused-ring (bicyclic) bond motifs is 1. The normalized spacial score (nSPS) is 12.4. The van der Waals surface area contributed by atoms with Crippen LogP contribution in [0.15, 0.2) is 91.6 Å². The van der Waals surface area contributed by atoms with Gasteiger partial charge in [-0.3, -0.25) is 13.7 Å². The summed E-state index contributed by atoms with van der Waals surface area (Å²) >= 11 is 6.02. The lowest BCUT2D eigenvalue weighted by atomic mass is 10.1. The number of hydrogen-bond acceptors (Lipinski definition) is 15. The van der Waals surface area contributed by atoms with E-state index in [4.69, 9.17) is 16.3 Å². The average Bonchev–Trinajstić information content (AvgIpc) is 2.95. The number of benzene rings is 4. The molecule has 1 aromatic heterocycles. The Kier molecular flexibility index (Phi) is 8.72. The van der Waals surface area contributed by atoms with Gasteiger partial charge in [-0.05, 0) is 65.5 Å². The van der Waals surface area contributed by atoms with Gasteiger partial charge in [0.2, 0.25) is 11.2 Å². The van der Waals surface area contributed by atoms with Crippen molar-refractivity contribution >= 4 is 75.7 Å². The Bertz CT molecular complexity index is 2430. The van der Waals surface area contributed by atoms with Crippen LogP contribution in [0.5, 0.6) is 23.3 Å². The zero-order valence-electron chi connectivity index (χ0n) is 22.8. The molecule has 0 saturated carbocycles. The molecule has 0 atom stereocenters. The Morgan fingerprint density at radius 1 is 0.745 bits per heavy atom. The molecule has 0 aliphatic heterocycles. The summed E-state index contributed by atoms with van der Waals surface area (Å²) in [5.41, 5.74) is -1.98. The summed E-state index contributed by atoms with van der Waals surface area (Å²) in [5, 5.41) is 30.0. The third-order valence-electron chi connectivity index (χ3n) is 5.99. The highest BCUT2D eigenvalue weighted by atomic mass is 35.5. The second kappa shape index (κ2) is 12.3. The van der Waals surface area contributed by atoms with Gasteiger partial charge in [0.15, 0.2) is 5.75 Å². The Morgan fingerprint density at radius 2 is 1.43 bits per heavy atom. The van der Waals surface area contributed by atoms with E-state index < -0.39 is 95.6 Å². The van der Waals surface area contributed by atoms with Crippen LogP contribution >= 0.6 is 11.6 Å². The van der Waals surface area contributed by atoms with Gasteiger partial charge < -0.3 is 20.3 Å². The number of phenolic OH excluding ortho intramolecular Hbond substituents is 2. The van der Waals surface area contributed by atoms with E-state index in [-0.39, 0.29) is 6.01 Å². The van der Waals surface area contributed by atoms with Crippen molar-refractivity contribution in [2.45, 2.75) is 14.7 Å². The average molecular weight is 725 g/mol. The smallest absolute Gasteiger partial charge is 0.328 e. The van der Waals surface area contributed by atoms with Crippen molar-refractivity contribution in [2.75, 3.05) is 5.32 Å². The SMILES string of the molecule is O=S(=O)(O)c1ccc(O)c(N=Nc2c(S(=O)(=O)O)cc3cc(S(=O)(=O)O)cc(Nc4nc(Cl)nc(Oc5ccccc5)n4)c3c2O)c1. The molecule has 0 aliphatic rings. The van der Waals surface area contributed by atoms with E-state index in [9.17, 15) is 49.1 Å². The highest BCUT2D eigenvalue weighted by molar-refractivity contribution is 7.86. The largest absolute Gasteiger partial charge is 0.506 e. The lowest BCUT2D eigenvalue weighted by Crippen LogP contribution is -2.05. The lowest BCUT2D eigenvalue weighted by Gasteiger charge is -2.15. The first-order chi connectivity index (χ1) is 21.9. The third-order valence-corrected chi connectivity index (χ3v) is 8.71. The molecule has 5 rings (SSSR count). The summed E-state index contributed by atoms with van der Waals surface area (Å²) in [7, 11) is -15.0. The molecule has 0 unspecified atom stereocenters. The minimum Gasteiger partial charge on any atom is -0.506 e. The lowest BCUT2D eigenvalue weighted by molar-refractivity contribution is 0.440. The molecule has 244 valence electrons. The van der Waals surface area contributed by atoms with E-state index in [0.29, 0.717) is 17.9 Å². The maximum atomic E-state index is 12.3. The molecule has 4 aromatic carbocycles. The minimum atomic E-state index is -5.27. The molecular formula is C25H17ClN6O12S3. The summed E-state index contributed by atoms with van der Waals surface area (Å²) < 4.78 is 107. The van der Waals surface area contributed by atoms with Gasteiger partial charge >= 0.3 is 6.01 Å². The number of azo groups is 1. The first-order valence-corrected chi connectivity index (χ1v) is 17.0. The summed E-state index contributed by atoms with van der Waals surface area (Å²) in [6, 6.07) is 12.5. The van der Waals surface area contributed by atoms with Crippen LogP contribution in [0.1, 0.15) is 0 Å². The van der Waals surface area contributed by atoms with E-state index >= 15 is 0 Å². The fourth-order valence-electron chi connectivity index (χ4n) is 4.00. The molecule has 0 fully saturated rings. The molecule has 47 heavy (non-hydrogen) atoms. The molecule has 0 aliphatic carbocycles. The number of para-hydroxylation sites is 1. The van der Waals surface area contributed by atoms with Crippen LogP contribution in [-0.4, -0.2) is 64.1 Å². The zero-order valence-corrected chi connectivity index (χ0v) is 26.0. The van der Waals surface area contributed by atoms with Gasteiger partial charge in [-0.25, -0.2) is 0 Å². The number of anilines is 2. The van der Waals surface area contributed by atoms with Crippen molar-refractivity contribution in [2.24, 2.45) is 10.2 Å². The van der Waals surface area contributed by atoms with Crippen molar-refractivity contribution in [1.29, 1.82) is 0 Å². The number of nitrogens with zero attached hydrogens (tertiary/aromatic N) is 5. The molecule has 0 radical (unpaired) electrons. The molecule has 18 nitrogen and oxygen atoms in total. The molecule has 22 heteroatoms. The molecular weight excluding hydrogens is 708 g/mol. The van der Waals surface area contributed by atoms with E-state index in [1.54, 1.807) is 30.3 Å². The number of halogens is 1. The van der Waals surface area contributed by atoms with Crippen molar-refractivity contribution < 1.29 is 53.9 Å². The van der Waals surface area contributed by atoms with Crippen molar-refractivity contribution in [3.8, 4) is 23.3 Å². The number of nitrogens with one attached hydrogen (secondary N) is 1. The zero-order chi connectivity index (χ0) is 34.3. The number of aromatic nitrogens is 3. The van der Waals surface area contributed by atoms with Gasteiger partial charge in [-0.1, -0.05) is 18.2 Å². The molecule has 0 bridgehead atoms. The summed E-state index contributed by atoms with van der Waals surface area (Å²) in [6.07, 6.45) is 0. The van der Waals surface area contributed by atoms with E-state index in [2.05, 4.69) is 30.5 Å². The number of ether oxygens (including phenoxy) is 1. The highest BCUT2D eigenvalue weighted by Crippen LogP contribution is 2.46. The predicted molar refractivity (Wildman–Crippen MR) is 162 cm³/mol. The van der Waals surface area contributed by atoms with Crippen LogP contribution in [0.25, 0.3) is 10.8 Å². The van der Waals surface area contributed by atoms with Crippen molar-refractivity contribution in [1.82, 2.24) is 15.0 Å². The fourth-order valence-corrected chi connectivity index (χ4v) is 5.85. The van der Waals surface area contributed by atoms with Crippen LogP contribution in [0.4, 0.5) is 23.0 Å². The van der Waals surface area contributed by atoms with E-state index in [0.717, 1.165) is 24.3 Å². The van der Waals surface area contributed by atoms with Crippen LogP contribution in [-0.2, 0) is 30.4 Å². The first-order valence-electron chi connectivity index (χ1n) is 12.3. The summed E-state index contributed by atoms with van der Waals surface area (Å²) in [5.74, 6) is -1.83. The Labute approximate surface area is 269 Å². The minimum absolute atomic E-state index is 0.304. The summed E-state index contributed by atoms with van der Waals surface area (Å²) in [4.78, 5) is 9.09. The van der Waals surface area contributed by atoms with Crippen molar-refractivity contribution in [3.63, 3.8) is 0 Å². The van der Waals surface area contributed by atoms with E-state index in [1.165, 1.54) is 0 Å². The van der Waals surface area contributed by atoms with Gasteiger partial charge in [0, 0.05) is 5.39 Å². The Balaban J connectivity index is 1.72. The van der Waals surface area contributed by atoms with Gasteiger partial charge in [0.05, 0.1) is 15.5 Å². The Hall–Kier alpha value is -5.03. The standard InChI is InChI=1S/C25H17ClN6O12S3/c26-23-28-24(30-25(29-23)44-13-4-2-1-3-5-13)27-17-11-15(46(38,39)40)8-12-9-19(47(41,42)43)21(22(34)20(12)17)32-31-16-10-14(45(35,36)37)6-7-18(16)33/h1-11,33-34H,(H,35,36,37)(H,38,39,40)(H,41,42,43)(H,27,28,29,30). The topological polar surface area (TPSA) is 288 Å². The second-order valence-corrected chi connectivity index (χ2v) is 13.7. The molecule has 5 aromatic rings. The maximum Gasteiger partial charge on any atom is 0.328 e. The maximum absolute atomic E-state index is 12.3. The van der Waals surface area contributed by atoms with Crippen LogP contribution in [0.2, 0.25) is 5.28 Å². The fraction of sp³-hybridized carbons (Fsp3) is 0. The third kappa shape index (κ3) is 7.52. The Morgan fingerprint density at radius 3 is 2.06 bits per heavy atom. The van der Waals surface area contributed by atoms with Crippen LogP contribution in [0, 0.1) is 0 Å². The van der Waals surface area contributed by atoms with Gasteiger partial charge in [0.25, 0.3) is 30.4 Å². The van der Waals surface area contributed by atoms with Crippen molar-refractivity contribution in [3.05, 3.63) is 72.0 Å². The van der Waals surface area contributed by atoms with Crippen LogP contribution < -0.4 is 10.1 Å². The number of hydrogen-bond donors (Lipinski definition) is 6. The van der Waals surface area contributed by atoms with Gasteiger partial charge in [-0.15, -0.1) is 10.2 Å². The molecule has 0 saturated heterocycles. The molecule has 0 spiro atoms. The molecule has 1 heterocycles. The van der Waals surface area contributed by atoms with E-state index in [1.807, 2.05) is 0 Å². The molecule has 0 amide bonds. The number of phenols is 2. The first kappa shape index (κ1) is 33.3.